The van der Waals surface area contributed by atoms with Crippen molar-refractivity contribution in [3.8, 4) is 0 Å². The minimum Gasteiger partial charge on any atom is -0.303 e. The summed E-state index contributed by atoms with van der Waals surface area (Å²) in [4.78, 5) is 2.60. The van der Waals surface area contributed by atoms with Crippen molar-refractivity contribution in [3.05, 3.63) is 0 Å². The van der Waals surface area contributed by atoms with E-state index in [0.29, 0.717) is 0 Å². The van der Waals surface area contributed by atoms with Crippen LogP contribution in [0.3, 0.4) is 0 Å². The highest BCUT2D eigenvalue weighted by Gasteiger charge is 2.22. The van der Waals surface area contributed by atoms with Crippen LogP contribution in [0.4, 0.5) is 0 Å². The summed E-state index contributed by atoms with van der Waals surface area (Å²) >= 11 is 4.48. The monoisotopic (exact) mass is 243 g/mol. The third kappa shape index (κ3) is 4.67. The normalized spacial score (nSPS) is 28.3. The summed E-state index contributed by atoms with van der Waals surface area (Å²) < 4.78 is 0. The summed E-state index contributed by atoms with van der Waals surface area (Å²) in [6.07, 6.45) is 8.28. The van der Waals surface area contributed by atoms with Crippen LogP contribution < -0.4 is 0 Å². The van der Waals surface area contributed by atoms with E-state index < -0.39 is 0 Å². The highest BCUT2D eigenvalue weighted by molar-refractivity contribution is 7.80. The first-order chi connectivity index (χ1) is 7.67. The summed E-state index contributed by atoms with van der Waals surface area (Å²) in [5.41, 5.74) is 0. The maximum atomic E-state index is 4.48. The van der Waals surface area contributed by atoms with Crippen LogP contribution in [0.5, 0.6) is 0 Å². The van der Waals surface area contributed by atoms with Crippen LogP contribution >= 0.6 is 12.6 Å². The minimum absolute atomic E-state index is 0.790. The molecule has 2 heteroatoms. The molecule has 16 heavy (non-hydrogen) atoms. The number of hydrogen-bond acceptors (Lipinski definition) is 2. The van der Waals surface area contributed by atoms with Gasteiger partial charge in [-0.15, -0.1) is 0 Å². The van der Waals surface area contributed by atoms with Crippen LogP contribution in [-0.2, 0) is 0 Å². The molecule has 1 fully saturated rings. The second-order valence-corrected chi connectivity index (χ2v) is 6.06. The highest BCUT2D eigenvalue weighted by Crippen LogP contribution is 2.27. The predicted molar refractivity (Wildman–Crippen MR) is 76.3 cm³/mol. The van der Waals surface area contributed by atoms with Crippen molar-refractivity contribution in [1.29, 1.82) is 0 Å². The average Bonchev–Trinajstić information content (AvgIpc) is 2.29. The number of rotatable bonds is 6. The van der Waals surface area contributed by atoms with Gasteiger partial charge in [0.15, 0.2) is 0 Å². The number of hydrogen-bond donors (Lipinski definition) is 1. The van der Waals surface area contributed by atoms with E-state index in [0.717, 1.165) is 23.6 Å². The molecular weight excluding hydrogens is 214 g/mol. The molecule has 0 aromatic heterocycles. The molecule has 0 aliphatic heterocycles. The lowest BCUT2D eigenvalue weighted by atomic mass is 9.86. The second-order valence-electron chi connectivity index (χ2n) is 5.69. The topological polar surface area (TPSA) is 3.24 Å². The summed E-state index contributed by atoms with van der Waals surface area (Å²) in [5.74, 6) is 2.79. The fraction of sp³-hybridized carbons (Fsp3) is 1.00. The zero-order valence-electron chi connectivity index (χ0n) is 11.3. The van der Waals surface area contributed by atoms with Gasteiger partial charge in [-0.2, -0.15) is 12.6 Å². The molecule has 1 saturated carbocycles. The van der Waals surface area contributed by atoms with E-state index in [1.807, 2.05) is 0 Å². The molecule has 1 nitrogen and oxygen atoms in total. The van der Waals surface area contributed by atoms with Crippen LogP contribution in [-0.4, -0.2) is 30.3 Å². The van der Waals surface area contributed by atoms with E-state index in [4.69, 9.17) is 0 Å². The van der Waals surface area contributed by atoms with Crippen molar-refractivity contribution >= 4 is 12.6 Å². The van der Waals surface area contributed by atoms with E-state index in [-0.39, 0.29) is 0 Å². The van der Waals surface area contributed by atoms with Gasteiger partial charge in [-0.05, 0) is 56.7 Å². The Morgan fingerprint density at radius 3 is 2.38 bits per heavy atom. The van der Waals surface area contributed by atoms with Crippen LogP contribution in [0.25, 0.3) is 0 Å². The Morgan fingerprint density at radius 2 is 1.88 bits per heavy atom. The van der Waals surface area contributed by atoms with Crippen molar-refractivity contribution in [2.45, 2.75) is 58.4 Å². The van der Waals surface area contributed by atoms with Gasteiger partial charge in [-0.1, -0.05) is 20.3 Å². The molecule has 0 saturated heterocycles. The second kappa shape index (κ2) is 7.60. The van der Waals surface area contributed by atoms with Gasteiger partial charge in [0, 0.05) is 12.6 Å². The Balaban J connectivity index is 2.30. The number of thiol groups is 1. The minimum atomic E-state index is 0.790. The summed E-state index contributed by atoms with van der Waals surface area (Å²) in [7, 11) is 2.31. The molecule has 0 spiro atoms. The Hall–Kier alpha value is 0.310. The van der Waals surface area contributed by atoms with Crippen molar-refractivity contribution < 1.29 is 0 Å². The average molecular weight is 243 g/mol. The van der Waals surface area contributed by atoms with Gasteiger partial charge in [0.2, 0.25) is 0 Å². The fourth-order valence-corrected chi connectivity index (χ4v) is 3.19. The summed E-state index contributed by atoms with van der Waals surface area (Å²) in [5, 5.41) is 0. The maximum Gasteiger partial charge on any atom is 0.00925 e. The number of nitrogens with zero attached hydrogens (tertiary/aromatic N) is 1. The molecule has 1 unspecified atom stereocenters. The third-order valence-electron chi connectivity index (χ3n) is 4.11. The van der Waals surface area contributed by atoms with Crippen molar-refractivity contribution in [3.63, 3.8) is 0 Å². The van der Waals surface area contributed by atoms with Gasteiger partial charge in [0.05, 0.1) is 0 Å². The van der Waals surface area contributed by atoms with E-state index >= 15 is 0 Å². The predicted octanol–water partition coefficient (Wildman–Crippen LogP) is 3.84. The molecule has 0 heterocycles. The summed E-state index contributed by atoms with van der Waals surface area (Å²) in [6, 6.07) is 0.843. The van der Waals surface area contributed by atoms with Crippen LogP contribution in [0, 0.1) is 11.8 Å². The molecule has 96 valence electrons. The largest absolute Gasteiger partial charge is 0.303 e. The van der Waals surface area contributed by atoms with Crippen LogP contribution in [0.15, 0.2) is 0 Å². The molecule has 1 atom stereocenters. The lowest BCUT2D eigenvalue weighted by Gasteiger charge is -2.35. The van der Waals surface area contributed by atoms with E-state index in [2.05, 4.69) is 38.4 Å². The zero-order valence-corrected chi connectivity index (χ0v) is 12.2. The van der Waals surface area contributed by atoms with E-state index in [9.17, 15) is 0 Å². The van der Waals surface area contributed by atoms with E-state index in [1.54, 1.807) is 0 Å². The Kier molecular flexibility index (Phi) is 6.83. The zero-order chi connectivity index (χ0) is 12.0. The molecular formula is C14H29NS. The van der Waals surface area contributed by atoms with Crippen LogP contribution in [0.1, 0.15) is 52.4 Å². The molecule has 1 aliphatic carbocycles. The smallest absolute Gasteiger partial charge is 0.00925 e. The Bertz CT molecular complexity index is 176. The van der Waals surface area contributed by atoms with Gasteiger partial charge in [-0.3, -0.25) is 0 Å². The maximum absolute atomic E-state index is 4.48. The van der Waals surface area contributed by atoms with Gasteiger partial charge < -0.3 is 4.90 Å². The Morgan fingerprint density at radius 1 is 1.25 bits per heavy atom. The fourth-order valence-electron chi connectivity index (χ4n) is 2.89. The first-order valence-corrected chi connectivity index (χ1v) is 7.61. The van der Waals surface area contributed by atoms with Crippen LogP contribution in [0.2, 0.25) is 0 Å². The quantitative estimate of drug-likeness (QED) is 0.694. The SMILES string of the molecule is CCCC(CS)CN(C)C1CCC(C)CC1. The van der Waals surface area contributed by atoms with E-state index in [1.165, 1.54) is 45.1 Å². The standard InChI is InChI=1S/C14H29NS/c1-4-5-13(11-16)10-15(3)14-8-6-12(2)7-9-14/h12-14,16H,4-11H2,1-3H3. The van der Waals surface area contributed by atoms with Crippen molar-refractivity contribution in [2.75, 3.05) is 19.3 Å². The lowest BCUT2D eigenvalue weighted by Crippen LogP contribution is -2.38. The highest BCUT2D eigenvalue weighted by atomic mass is 32.1. The van der Waals surface area contributed by atoms with Crippen molar-refractivity contribution in [2.24, 2.45) is 11.8 Å². The molecule has 1 rings (SSSR count). The molecule has 0 amide bonds. The first kappa shape index (κ1) is 14.4. The molecule has 1 aliphatic rings. The van der Waals surface area contributed by atoms with Gasteiger partial charge in [0.1, 0.15) is 0 Å². The van der Waals surface area contributed by atoms with Crippen molar-refractivity contribution in [1.82, 2.24) is 4.90 Å². The molecule has 0 N–H and O–H groups in total. The third-order valence-corrected chi connectivity index (χ3v) is 4.63. The molecule has 0 aromatic rings. The first-order valence-electron chi connectivity index (χ1n) is 6.98. The van der Waals surface area contributed by atoms with Gasteiger partial charge in [0.25, 0.3) is 0 Å². The molecule has 0 aromatic carbocycles. The Labute approximate surface area is 107 Å². The molecule has 0 radical (unpaired) electrons. The van der Waals surface area contributed by atoms with Gasteiger partial charge in [-0.25, -0.2) is 0 Å². The lowest BCUT2D eigenvalue weighted by molar-refractivity contribution is 0.151. The van der Waals surface area contributed by atoms with Gasteiger partial charge >= 0.3 is 0 Å². The molecule has 0 bridgehead atoms. The summed E-state index contributed by atoms with van der Waals surface area (Å²) in [6.45, 7) is 5.92.